The standard InChI is InChI=1S/C22H25FN2O4/c1-22(2,3)17-8-5-14(12-18(17)23)24-20(26)19-16-7-6-15(29-4)11-13(16)9-10-25(19)21(27)28/h5-8,11-12,19H,9-10H2,1-4H3,(H,24,26)(H,27,28). The van der Waals surface area contributed by atoms with Gasteiger partial charge in [-0.1, -0.05) is 32.9 Å². The molecule has 0 aliphatic carbocycles. The Labute approximate surface area is 169 Å². The number of methoxy groups -OCH3 is 1. The highest BCUT2D eigenvalue weighted by molar-refractivity contribution is 5.97. The summed E-state index contributed by atoms with van der Waals surface area (Å²) in [6, 6.07) is 8.73. The Hall–Kier alpha value is -3.09. The Bertz CT molecular complexity index is 952. The summed E-state index contributed by atoms with van der Waals surface area (Å²) in [6.07, 6.45) is -0.696. The Kier molecular flexibility index (Phi) is 5.50. The van der Waals surface area contributed by atoms with Crippen LogP contribution in [0, 0.1) is 5.82 Å². The first-order chi connectivity index (χ1) is 13.6. The van der Waals surface area contributed by atoms with Crippen molar-refractivity contribution in [1.29, 1.82) is 0 Å². The molecule has 7 heteroatoms. The third-order valence-corrected chi connectivity index (χ3v) is 5.12. The second-order valence-electron chi connectivity index (χ2n) is 8.13. The molecule has 0 spiro atoms. The van der Waals surface area contributed by atoms with Gasteiger partial charge in [-0.15, -0.1) is 0 Å². The molecule has 0 fully saturated rings. The highest BCUT2D eigenvalue weighted by atomic mass is 19.1. The van der Waals surface area contributed by atoms with Crippen LogP contribution in [-0.2, 0) is 16.6 Å². The number of rotatable bonds is 3. The first-order valence-corrected chi connectivity index (χ1v) is 9.39. The second-order valence-corrected chi connectivity index (χ2v) is 8.13. The van der Waals surface area contributed by atoms with E-state index in [0.29, 0.717) is 23.3 Å². The number of nitrogens with one attached hydrogen (secondary N) is 1. The third-order valence-electron chi connectivity index (χ3n) is 5.12. The van der Waals surface area contributed by atoms with Crippen molar-refractivity contribution in [3.05, 3.63) is 58.9 Å². The zero-order valence-electron chi connectivity index (χ0n) is 17.0. The fourth-order valence-electron chi connectivity index (χ4n) is 3.63. The van der Waals surface area contributed by atoms with Crippen molar-refractivity contribution < 1.29 is 23.8 Å². The van der Waals surface area contributed by atoms with Gasteiger partial charge in [0.1, 0.15) is 17.6 Å². The molecule has 29 heavy (non-hydrogen) atoms. The summed E-state index contributed by atoms with van der Waals surface area (Å²) >= 11 is 0. The number of carbonyl (C=O) groups excluding carboxylic acids is 1. The van der Waals surface area contributed by atoms with E-state index in [1.807, 2.05) is 26.8 Å². The average Bonchev–Trinajstić information content (AvgIpc) is 2.65. The fourth-order valence-corrected chi connectivity index (χ4v) is 3.63. The highest BCUT2D eigenvalue weighted by Gasteiger charge is 2.36. The zero-order valence-corrected chi connectivity index (χ0v) is 17.0. The van der Waals surface area contributed by atoms with Crippen molar-refractivity contribution in [2.75, 3.05) is 19.0 Å². The van der Waals surface area contributed by atoms with Crippen molar-refractivity contribution in [3.8, 4) is 5.75 Å². The fraction of sp³-hybridized carbons (Fsp3) is 0.364. The minimum Gasteiger partial charge on any atom is -0.497 e. The van der Waals surface area contributed by atoms with Crippen molar-refractivity contribution >= 4 is 17.7 Å². The van der Waals surface area contributed by atoms with E-state index in [1.54, 1.807) is 31.4 Å². The number of carboxylic acid groups (broad SMARTS) is 1. The molecule has 2 N–H and O–H groups in total. The van der Waals surface area contributed by atoms with Crippen LogP contribution in [0.5, 0.6) is 5.75 Å². The smallest absolute Gasteiger partial charge is 0.408 e. The van der Waals surface area contributed by atoms with Gasteiger partial charge in [0.2, 0.25) is 0 Å². The Morgan fingerprint density at radius 2 is 1.93 bits per heavy atom. The van der Waals surface area contributed by atoms with Gasteiger partial charge in [-0.05, 0) is 52.8 Å². The molecule has 0 bridgehead atoms. The van der Waals surface area contributed by atoms with Crippen LogP contribution in [0.3, 0.4) is 0 Å². The number of hydrogen-bond acceptors (Lipinski definition) is 3. The van der Waals surface area contributed by atoms with Gasteiger partial charge >= 0.3 is 6.09 Å². The number of halogens is 1. The number of carbonyl (C=O) groups is 2. The third kappa shape index (κ3) is 4.18. The summed E-state index contributed by atoms with van der Waals surface area (Å²) in [6.45, 7) is 5.90. The summed E-state index contributed by atoms with van der Waals surface area (Å²) in [7, 11) is 1.55. The lowest BCUT2D eigenvalue weighted by Crippen LogP contribution is -2.44. The van der Waals surface area contributed by atoms with Crippen LogP contribution in [0.25, 0.3) is 0 Å². The predicted molar refractivity (Wildman–Crippen MR) is 108 cm³/mol. The minimum atomic E-state index is -1.18. The number of fused-ring (bicyclic) bond motifs is 1. The number of nitrogens with zero attached hydrogens (tertiary/aromatic N) is 1. The lowest BCUT2D eigenvalue weighted by atomic mass is 9.86. The van der Waals surface area contributed by atoms with Gasteiger partial charge in [0.05, 0.1) is 7.11 Å². The maximum Gasteiger partial charge on any atom is 0.408 e. The van der Waals surface area contributed by atoms with Crippen molar-refractivity contribution in [1.82, 2.24) is 4.90 Å². The van der Waals surface area contributed by atoms with Crippen LogP contribution < -0.4 is 10.1 Å². The summed E-state index contributed by atoms with van der Waals surface area (Å²) in [5.74, 6) is -0.299. The maximum absolute atomic E-state index is 14.5. The highest BCUT2D eigenvalue weighted by Crippen LogP contribution is 2.34. The van der Waals surface area contributed by atoms with Crippen LogP contribution in [0.1, 0.15) is 43.5 Å². The number of amides is 2. The van der Waals surface area contributed by atoms with Gasteiger partial charge in [0.25, 0.3) is 5.91 Å². The van der Waals surface area contributed by atoms with Crippen molar-refractivity contribution in [2.24, 2.45) is 0 Å². The average molecular weight is 400 g/mol. The zero-order chi connectivity index (χ0) is 21.3. The van der Waals surface area contributed by atoms with E-state index in [-0.39, 0.29) is 17.6 Å². The molecular formula is C22H25FN2O4. The molecule has 154 valence electrons. The normalized spacial score (nSPS) is 16.2. The van der Waals surface area contributed by atoms with E-state index in [9.17, 15) is 19.1 Å². The molecule has 1 aliphatic rings. The van der Waals surface area contributed by atoms with E-state index >= 15 is 0 Å². The first-order valence-electron chi connectivity index (χ1n) is 9.39. The summed E-state index contributed by atoms with van der Waals surface area (Å²) < 4.78 is 19.7. The van der Waals surface area contributed by atoms with Gasteiger partial charge < -0.3 is 15.2 Å². The molecule has 3 rings (SSSR count). The van der Waals surface area contributed by atoms with Crippen LogP contribution in [0.15, 0.2) is 36.4 Å². The first kappa shape index (κ1) is 20.6. The maximum atomic E-state index is 14.5. The molecule has 1 unspecified atom stereocenters. The molecule has 0 saturated carbocycles. The van der Waals surface area contributed by atoms with Gasteiger partial charge in [-0.25, -0.2) is 9.18 Å². The quantitative estimate of drug-likeness (QED) is 0.803. The molecule has 6 nitrogen and oxygen atoms in total. The predicted octanol–water partition coefficient (Wildman–Crippen LogP) is 4.35. The topological polar surface area (TPSA) is 78.9 Å². The Morgan fingerprint density at radius 3 is 2.52 bits per heavy atom. The van der Waals surface area contributed by atoms with Crippen molar-refractivity contribution in [3.63, 3.8) is 0 Å². The van der Waals surface area contributed by atoms with Crippen LogP contribution in [-0.4, -0.2) is 35.7 Å². The Balaban J connectivity index is 1.92. The lowest BCUT2D eigenvalue weighted by Gasteiger charge is -2.34. The van der Waals surface area contributed by atoms with Crippen molar-refractivity contribution in [2.45, 2.75) is 38.6 Å². The van der Waals surface area contributed by atoms with E-state index in [1.165, 1.54) is 6.07 Å². The summed E-state index contributed by atoms with van der Waals surface area (Å²) in [4.78, 5) is 25.8. The number of benzene rings is 2. The molecule has 0 saturated heterocycles. The van der Waals surface area contributed by atoms with Gasteiger partial charge in [0, 0.05) is 12.2 Å². The molecule has 1 atom stereocenters. The number of hydrogen-bond donors (Lipinski definition) is 2. The number of ether oxygens (including phenoxy) is 1. The second kappa shape index (κ2) is 7.73. The SMILES string of the molecule is COc1ccc2c(c1)CCN(C(=O)O)C2C(=O)Nc1ccc(C(C)(C)C)c(F)c1. The van der Waals surface area contributed by atoms with Gasteiger partial charge in [-0.3, -0.25) is 9.69 Å². The van der Waals surface area contributed by atoms with E-state index in [2.05, 4.69) is 5.32 Å². The molecule has 1 heterocycles. The summed E-state index contributed by atoms with van der Waals surface area (Å²) in [5, 5.41) is 12.3. The molecule has 0 aromatic heterocycles. The van der Waals surface area contributed by atoms with Gasteiger partial charge in [-0.2, -0.15) is 0 Å². The van der Waals surface area contributed by atoms with E-state index in [0.717, 1.165) is 10.5 Å². The molecular weight excluding hydrogens is 375 g/mol. The van der Waals surface area contributed by atoms with Crippen LogP contribution in [0.4, 0.5) is 14.9 Å². The van der Waals surface area contributed by atoms with Crippen LogP contribution in [0.2, 0.25) is 0 Å². The van der Waals surface area contributed by atoms with E-state index < -0.39 is 23.9 Å². The molecule has 2 aromatic rings. The summed E-state index contributed by atoms with van der Waals surface area (Å²) in [5.41, 5.74) is 1.91. The molecule has 1 aliphatic heterocycles. The van der Waals surface area contributed by atoms with Crippen LogP contribution >= 0.6 is 0 Å². The molecule has 2 aromatic carbocycles. The minimum absolute atomic E-state index is 0.185. The Morgan fingerprint density at radius 1 is 1.21 bits per heavy atom. The monoisotopic (exact) mass is 400 g/mol. The number of anilines is 1. The lowest BCUT2D eigenvalue weighted by molar-refractivity contribution is -0.121. The van der Waals surface area contributed by atoms with Gasteiger partial charge in [0.15, 0.2) is 0 Å². The van der Waals surface area contributed by atoms with E-state index in [4.69, 9.17) is 4.74 Å². The molecule has 0 radical (unpaired) electrons. The molecule has 2 amide bonds. The largest absolute Gasteiger partial charge is 0.497 e.